The zero-order chi connectivity index (χ0) is 12.1. The monoisotopic (exact) mass is 291 g/mol. The van der Waals surface area contributed by atoms with Crippen molar-refractivity contribution in [1.29, 1.82) is 0 Å². The van der Waals surface area contributed by atoms with E-state index in [9.17, 15) is 10.1 Å². The molecule has 15 heavy (non-hydrogen) atoms. The molecule has 5 nitrogen and oxygen atoms in total. The van der Waals surface area contributed by atoms with E-state index in [0.717, 1.165) is 0 Å². The fourth-order valence-electron chi connectivity index (χ4n) is 0.563. The molecule has 0 atom stereocenters. The average Bonchev–Trinajstić information content (AvgIpc) is 2.01. The summed E-state index contributed by atoms with van der Waals surface area (Å²) in [5.41, 5.74) is 0.0596. The van der Waals surface area contributed by atoms with Crippen molar-refractivity contribution in [3.05, 3.63) is 39.4 Å². The molecule has 0 aliphatic heterocycles. The lowest BCUT2D eigenvalue weighted by Crippen LogP contribution is -1.85. The fraction of sp³-hybridized carbons (Fsp3) is 0. The first-order valence-corrected chi connectivity index (χ1v) is 6.75. The van der Waals surface area contributed by atoms with Crippen molar-refractivity contribution in [2.45, 2.75) is 0 Å². The number of hydrogen-bond donors (Lipinski definition) is 0. The Balaban J connectivity index is 0.000000336. The fourth-order valence-corrected chi connectivity index (χ4v) is 0.689. The first-order valence-electron chi connectivity index (χ1n) is 3.24. The van der Waals surface area contributed by atoms with E-state index in [1.807, 2.05) is 0 Å². The lowest BCUT2D eigenvalue weighted by atomic mass is 10.3. The molecule has 0 spiro atoms. The molecule has 0 bridgehead atoms. The Morgan fingerprint density at radius 2 is 1.47 bits per heavy atom. The molecule has 1 rings (SSSR count). The van der Waals surface area contributed by atoms with E-state index in [-0.39, 0.29) is 5.69 Å². The van der Waals surface area contributed by atoms with Crippen LogP contribution in [0.2, 0.25) is 5.02 Å². The third-order valence-electron chi connectivity index (χ3n) is 1.04. The van der Waals surface area contributed by atoms with Crippen LogP contribution in [0.5, 0.6) is 0 Å². The van der Waals surface area contributed by atoms with Gasteiger partial charge < -0.3 is 0 Å². The number of nitro benzene ring substituents is 1. The SMILES string of the molecule is O=S(=O)(Cl)Cl.O=[N+]([O-])c1ccc(Cl)cc1. The zero-order valence-corrected chi connectivity index (χ0v) is 10.0. The van der Waals surface area contributed by atoms with E-state index in [0.29, 0.717) is 5.02 Å². The van der Waals surface area contributed by atoms with Crippen LogP contribution in [0.15, 0.2) is 24.3 Å². The van der Waals surface area contributed by atoms with Gasteiger partial charge in [-0.3, -0.25) is 10.1 Å². The molecule has 0 aromatic heterocycles. The van der Waals surface area contributed by atoms with Gasteiger partial charge in [0, 0.05) is 38.5 Å². The topological polar surface area (TPSA) is 77.3 Å². The first-order chi connectivity index (χ1) is 6.70. The molecule has 0 aliphatic rings. The largest absolute Gasteiger partial charge is 0.317 e. The third-order valence-corrected chi connectivity index (χ3v) is 1.29. The summed E-state index contributed by atoms with van der Waals surface area (Å²) < 4.78 is 18.3. The molecule has 0 saturated carbocycles. The third kappa shape index (κ3) is 9.74. The predicted octanol–water partition coefficient (Wildman–Crippen LogP) is 2.96. The highest BCUT2D eigenvalue weighted by Gasteiger charge is 2.01. The maximum atomic E-state index is 10.1. The lowest BCUT2D eigenvalue weighted by Gasteiger charge is -1.88. The summed E-state index contributed by atoms with van der Waals surface area (Å²) in [6.45, 7) is 0. The quantitative estimate of drug-likeness (QED) is 0.453. The second kappa shape index (κ2) is 6.12. The van der Waals surface area contributed by atoms with Gasteiger partial charge in [0.1, 0.15) is 0 Å². The highest BCUT2D eigenvalue weighted by Crippen LogP contribution is 2.14. The molecule has 1 aromatic rings. The number of hydrogen-bond acceptors (Lipinski definition) is 4. The van der Waals surface area contributed by atoms with Crippen molar-refractivity contribution < 1.29 is 13.3 Å². The summed E-state index contributed by atoms with van der Waals surface area (Å²) in [6.07, 6.45) is 0. The molecule has 1 aromatic carbocycles. The Labute approximate surface area is 99.6 Å². The van der Waals surface area contributed by atoms with Crippen LogP contribution >= 0.6 is 33.0 Å². The number of non-ortho nitro benzene ring substituents is 1. The number of benzene rings is 1. The number of nitrogens with zero attached hydrogens (tertiary/aromatic N) is 1. The van der Waals surface area contributed by atoms with Gasteiger partial charge in [-0.2, -0.15) is 8.42 Å². The summed E-state index contributed by atoms with van der Waals surface area (Å²) >= 11 is 5.49. The standard InChI is InChI=1S/C6H4ClNO2.Cl2O2S/c7-5-1-3-6(4-2-5)8(9)10;1-5(2,3)4/h1-4H;. The van der Waals surface area contributed by atoms with E-state index in [4.69, 9.17) is 20.0 Å². The highest BCUT2D eigenvalue weighted by atomic mass is 36.0. The van der Waals surface area contributed by atoms with Crippen LogP contribution in [-0.4, -0.2) is 13.3 Å². The van der Waals surface area contributed by atoms with Crippen LogP contribution in [0.3, 0.4) is 0 Å². The molecule has 9 heteroatoms. The number of nitro groups is 1. The van der Waals surface area contributed by atoms with Crippen molar-refractivity contribution in [3.63, 3.8) is 0 Å². The molecule has 0 amide bonds. The van der Waals surface area contributed by atoms with Gasteiger partial charge >= 0.3 is 8.26 Å². The van der Waals surface area contributed by atoms with Gasteiger partial charge in [0.2, 0.25) is 0 Å². The summed E-state index contributed by atoms with van der Waals surface area (Å²) in [5, 5.41) is 10.6. The van der Waals surface area contributed by atoms with E-state index in [1.165, 1.54) is 24.3 Å². The van der Waals surface area contributed by atoms with Gasteiger partial charge in [-0.05, 0) is 12.1 Å². The van der Waals surface area contributed by atoms with Crippen molar-refractivity contribution in [2.24, 2.45) is 0 Å². The Hall–Kier alpha value is -0.560. The van der Waals surface area contributed by atoms with Gasteiger partial charge in [-0.1, -0.05) is 11.6 Å². The minimum absolute atomic E-state index is 0.0596. The molecule has 0 saturated heterocycles. The van der Waals surface area contributed by atoms with Crippen molar-refractivity contribution in [2.75, 3.05) is 0 Å². The second-order valence-corrected chi connectivity index (χ2v) is 6.22. The summed E-state index contributed by atoms with van der Waals surface area (Å²) in [4.78, 5) is 9.61. The van der Waals surface area contributed by atoms with E-state index < -0.39 is 13.2 Å². The Kier molecular flexibility index (Phi) is 5.89. The van der Waals surface area contributed by atoms with Gasteiger partial charge in [0.15, 0.2) is 0 Å². The van der Waals surface area contributed by atoms with Crippen LogP contribution in [0.25, 0.3) is 0 Å². The summed E-state index contributed by atoms with van der Waals surface area (Å²) in [6, 6.07) is 5.70. The molecule has 0 fully saturated rings. The van der Waals surface area contributed by atoms with Crippen molar-refractivity contribution in [3.8, 4) is 0 Å². The maximum absolute atomic E-state index is 10.1. The van der Waals surface area contributed by atoms with E-state index in [2.05, 4.69) is 21.4 Å². The predicted molar refractivity (Wildman–Crippen MR) is 58.7 cm³/mol. The zero-order valence-electron chi connectivity index (χ0n) is 6.93. The minimum Gasteiger partial charge on any atom is -0.258 e. The first kappa shape index (κ1) is 14.4. The van der Waals surface area contributed by atoms with Crippen molar-refractivity contribution >= 4 is 46.9 Å². The van der Waals surface area contributed by atoms with E-state index >= 15 is 0 Å². The summed E-state index contributed by atoms with van der Waals surface area (Å²) in [5.74, 6) is 0. The molecule has 0 radical (unpaired) electrons. The normalized spacial score (nSPS) is 10.1. The molecular formula is C6H4Cl3NO4S. The van der Waals surface area contributed by atoms with Gasteiger partial charge in [0.05, 0.1) is 4.92 Å². The lowest BCUT2D eigenvalue weighted by molar-refractivity contribution is -0.384. The smallest absolute Gasteiger partial charge is 0.258 e. The van der Waals surface area contributed by atoms with Crippen LogP contribution in [0.4, 0.5) is 5.69 Å². The Bertz CT molecular complexity index is 422. The molecule has 0 heterocycles. The number of rotatable bonds is 1. The molecule has 0 aliphatic carbocycles. The Morgan fingerprint density at radius 1 is 1.13 bits per heavy atom. The molecule has 0 N–H and O–H groups in total. The van der Waals surface area contributed by atoms with Gasteiger partial charge in [0.25, 0.3) is 5.69 Å². The maximum Gasteiger partial charge on any atom is 0.317 e. The van der Waals surface area contributed by atoms with E-state index in [1.54, 1.807) is 0 Å². The highest BCUT2D eigenvalue weighted by molar-refractivity contribution is 8.31. The Morgan fingerprint density at radius 3 is 1.73 bits per heavy atom. The van der Waals surface area contributed by atoms with Gasteiger partial charge in [-0.15, -0.1) is 0 Å². The average molecular weight is 293 g/mol. The van der Waals surface area contributed by atoms with Crippen LogP contribution in [-0.2, 0) is 8.26 Å². The van der Waals surface area contributed by atoms with Crippen LogP contribution in [0, 0.1) is 10.1 Å². The molecule has 0 unspecified atom stereocenters. The number of halogens is 3. The molecular weight excluding hydrogens is 288 g/mol. The van der Waals surface area contributed by atoms with Gasteiger partial charge in [-0.25, -0.2) is 0 Å². The van der Waals surface area contributed by atoms with Crippen LogP contribution in [0.1, 0.15) is 0 Å². The summed E-state index contributed by atoms with van der Waals surface area (Å²) in [7, 11) is 4.81. The van der Waals surface area contributed by atoms with Crippen molar-refractivity contribution in [1.82, 2.24) is 0 Å². The second-order valence-electron chi connectivity index (χ2n) is 2.11. The molecule has 84 valence electrons. The van der Waals surface area contributed by atoms with Crippen LogP contribution < -0.4 is 0 Å². The minimum atomic E-state index is -3.72.